The van der Waals surface area contributed by atoms with E-state index in [1.807, 2.05) is 18.2 Å². The molecule has 0 saturated heterocycles. The lowest BCUT2D eigenvalue weighted by molar-refractivity contribution is 0.312. The van der Waals surface area contributed by atoms with Gasteiger partial charge in [0.2, 0.25) is 0 Å². The Morgan fingerprint density at radius 2 is 2.18 bits per heavy atom. The maximum absolute atomic E-state index is 7.86. The molecule has 0 unspecified atom stereocenters. The van der Waals surface area contributed by atoms with Crippen molar-refractivity contribution in [1.82, 2.24) is 0 Å². The molecule has 1 aromatic carbocycles. The van der Waals surface area contributed by atoms with Gasteiger partial charge in [-0.25, -0.2) is 0 Å². The van der Waals surface area contributed by atoms with Crippen molar-refractivity contribution in [2.75, 3.05) is 6.61 Å². The maximum atomic E-state index is 7.86. The average Bonchev–Trinajstić information content (AvgIpc) is 2.33. The minimum atomic E-state index is 0.411. The zero-order valence-electron chi connectivity index (χ0n) is 11.1. The Morgan fingerprint density at radius 3 is 2.82 bits per heavy atom. The molecular weight excluding hydrogens is 210 g/mol. The van der Waals surface area contributed by atoms with Gasteiger partial charge in [0.1, 0.15) is 5.75 Å². The van der Waals surface area contributed by atoms with Crippen molar-refractivity contribution in [2.45, 2.75) is 40.0 Å². The van der Waals surface area contributed by atoms with Gasteiger partial charge in [-0.05, 0) is 49.8 Å². The molecule has 1 N–H and O–H groups in total. The number of aryl methyl sites for hydroxylation is 1. The first-order valence-electron chi connectivity index (χ1n) is 6.40. The third-order valence-corrected chi connectivity index (χ3v) is 3.06. The molecule has 0 aromatic heterocycles. The van der Waals surface area contributed by atoms with E-state index < -0.39 is 0 Å². The highest BCUT2D eigenvalue weighted by Crippen LogP contribution is 2.13. The van der Waals surface area contributed by atoms with Crippen LogP contribution < -0.4 is 4.74 Å². The fourth-order valence-corrected chi connectivity index (χ4v) is 1.65. The molecule has 17 heavy (non-hydrogen) atoms. The van der Waals surface area contributed by atoms with Crippen molar-refractivity contribution < 1.29 is 4.74 Å². The van der Waals surface area contributed by atoms with Crippen LogP contribution in [0, 0.1) is 18.3 Å². The molecule has 1 rings (SSSR count). The van der Waals surface area contributed by atoms with Crippen LogP contribution in [0.25, 0.3) is 0 Å². The summed E-state index contributed by atoms with van der Waals surface area (Å²) in [4.78, 5) is 0. The molecule has 0 aliphatic rings. The smallest absolute Gasteiger partial charge is 0.119 e. The van der Waals surface area contributed by atoms with Crippen LogP contribution in [0.4, 0.5) is 0 Å². The quantitative estimate of drug-likeness (QED) is 0.555. The highest BCUT2D eigenvalue weighted by molar-refractivity contribution is 5.83. The highest BCUT2D eigenvalue weighted by Gasteiger charge is 2.05. The molecule has 0 saturated carbocycles. The number of rotatable bonds is 7. The van der Waals surface area contributed by atoms with Crippen LogP contribution in [0.1, 0.15) is 38.7 Å². The highest BCUT2D eigenvalue weighted by atomic mass is 16.5. The molecule has 1 aromatic rings. The molecule has 2 heteroatoms. The van der Waals surface area contributed by atoms with E-state index in [1.54, 1.807) is 0 Å². The first-order valence-corrected chi connectivity index (χ1v) is 6.40. The lowest BCUT2D eigenvalue weighted by Gasteiger charge is -2.11. The van der Waals surface area contributed by atoms with Gasteiger partial charge in [0, 0.05) is 5.71 Å². The van der Waals surface area contributed by atoms with Gasteiger partial charge in [-0.3, -0.25) is 0 Å². The monoisotopic (exact) mass is 233 g/mol. The van der Waals surface area contributed by atoms with E-state index in [2.05, 4.69) is 26.8 Å². The standard InChI is InChI=1S/C15H23NO/c1-4-13(3)15(16)9-6-10-17-14-8-5-7-12(2)11-14/h5,7-8,11,13,16H,4,6,9-10H2,1-3H3/t13-/m1/s1. The third-order valence-electron chi connectivity index (χ3n) is 3.06. The van der Waals surface area contributed by atoms with E-state index in [4.69, 9.17) is 10.1 Å². The van der Waals surface area contributed by atoms with Crippen molar-refractivity contribution in [3.8, 4) is 5.75 Å². The summed E-state index contributed by atoms with van der Waals surface area (Å²) in [6.07, 6.45) is 2.83. The van der Waals surface area contributed by atoms with Crippen molar-refractivity contribution >= 4 is 5.71 Å². The van der Waals surface area contributed by atoms with E-state index in [-0.39, 0.29) is 0 Å². The van der Waals surface area contributed by atoms with Crippen LogP contribution in [0.2, 0.25) is 0 Å². The normalized spacial score (nSPS) is 12.2. The van der Waals surface area contributed by atoms with Gasteiger partial charge in [-0.2, -0.15) is 0 Å². The summed E-state index contributed by atoms with van der Waals surface area (Å²) in [5.41, 5.74) is 2.06. The fraction of sp³-hybridized carbons (Fsp3) is 0.533. The van der Waals surface area contributed by atoms with E-state index in [0.29, 0.717) is 12.5 Å². The van der Waals surface area contributed by atoms with Gasteiger partial charge >= 0.3 is 0 Å². The maximum Gasteiger partial charge on any atom is 0.119 e. The Morgan fingerprint density at radius 1 is 1.41 bits per heavy atom. The molecule has 0 radical (unpaired) electrons. The summed E-state index contributed by atoms with van der Waals surface area (Å²) >= 11 is 0. The average molecular weight is 233 g/mol. The second kappa shape index (κ2) is 7.10. The lowest BCUT2D eigenvalue weighted by Crippen LogP contribution is -2.10. The minimum Gasteiger partial charge on any atom is -0.494 e. The molecule has 0 spiro atoms. The minimum absolute atomic E-state index is 0.411. The van der Waals surface area contributed by atoms with Crippen LogP contribution in [-0.4, -0.2) is 12.3 Å². The van der Waals surface area contributed by atoms with E-state index in [9.17, 15) is 0 Å². The summed E-state index contributed by atoms with van der Waals surface area (Å²) < 4.78 is 5.65. The van der Waals surface area contributed by atoms with Gasteiger partial charge in [0.15, 0.2) is 0 Å². The largest absolute Gasteiger partial charge is 0.494 e. The predicted octanol–water partition coefficient (Wildman–Crippen LogP) is 4.22. The second-order valence-electron chi connectivity index (χ2n) is 4.60. The molecule has 0 bridgehead atoms. The number of hydrogen-bond acceptors (Lipinski definition) is 2. The van der Waals surface area contributed by atoms with Gasteiger partial charge in [0.25, 0.3) is 0 Å². The van der Waals surface area contributed by atoms with Crippen molar-refractivity contribution in [3.05, 3.63) is 29.8 Å². The Hall–Kier alpha value is -1.31. The zero-order chi connectivity index (χ0) is 12.7. The molecular formula is C15H23NO. The first kappa shape index (κ1) is 13.8. The zero-order valence-corrected chi connectivity index (χ0v) is 11.1. The fourth-order valence-electron chi connectivity index (χ4n) is 1.65. The predicted molar refractivity (Wildman–Crippen MR) is 73.1 cm³/mol. The van der Waals surface area contributed by atoms with Crippen molar-refractivity contribution in [3.63, 3.8) is 0 Å². The molecule has 1 atom stereocenters. The Kier molecular flexibility index (Phi) is 5.75. The summed E-state index contributed by atoms with van der Waals surface area (Å²) in [6.45, 7) is 7.00. The van der Waals surface area contributed by atoms with Crippen molar-refractivity contribution in [2.24, 2.45) is 5.92 Å². The Bertz CT molecular complexity index is 360. The molecule has 0 heterocycles. The molecule has 0 amide bonds. The van der Waals surface area contributed by atoms with Gasteiger partial charge < -0.3 is 10.1 Å². The molecule has 0 fully saturated rings. The molecule has 0 aliphatic carbocycles. The van der Waals surface area contributed by atoms with Crippen LogP contribution in [0.3, 0.4) is 0 Å². The summed E-state index contributed by atoms with van der Waals surface area (Å²) in [7, 11) is 0. The first-order chi connectivity index (χ1) is 8.13. The molecule has 0 aliphatic heterocycles. The van der Waals surface area contributed by atoms with Gasteiger partial charge in [0.05, 0.1) is 6.61 Å². The Labute approximate surface area is 105 Å². The van der Waals surface area contributed by atoms with E-state index in [0.717, 1.165) is 30.7 Å². The van der Waals surface area contributed by atoms with E-state index in [1.165, 1.54) is 5.56 Å². The Balaban J connectivity index is 2.22. The SMILES string of the molecule is CC[C@@H](C)C(=N)CCCOc1cccc(C)c1. The molecule has 94 valence electrons. The summed E-state index contributed by atoms with van der Waals surface area (Å²) in [6, 6.07) is 8.09. The van der Waals surface area contributed by atoms with Gasteiger partial charge in [-0.15, -0.1) is 0 Å². The van der Waals surface area contributed by atoms with Crippen LogP contribution in [0.15, 0.2) is 24.3 Å². The second-order valence-corrected chi connectivity index (χ2v) is 4.60. The lowest BCUT2D eigenvalue weighted by atomic mass is 9.99. The number of hydrogen-bond donors (Lipinski definition) is 1. The van der Waals surface area contributed by atoms with Crippen molar-refractivity contribution in [1.29, 1.82) is 5.41 Å². The van der Waals surface area contributed by atoms with Crippen LogP contribution in [0.5, 0.6) is 5.75 Å². The van der Waals surface area contributed by atoms with Crippen LogP contribution >= 0.6 is 0 Å². The topological polar surface area (TPSA) is 33.1 Å². The van der Waals surface area contributed by atoms with Gasteiger partial charge in [-0.1, -0.05) is 26.0 Å². The van der Waals surface area contributed by atoms with E-state index >= 15 is 0 Å². The summed E-state index contributed by atoms with van der Waals surface area (Å²) in [5.74, 6) is 1.34. The number of benzene rings is 1. The number of ether oxygens (including phenoxy) is 1. The molecule has 2 nitrogen and oxygen atoms in total. The summed E-state index contributed by atoms with van der Waals surface area (Å²) in [5, 5.41) is 7.86. The third kappa shape index (κ3) is 5.03. The van der Waals surface area contributed by atoms with Crippen LogP contribution in [-0.2, 0) is 0 Å². The number of nitrogens with one attached hydrogen (secondary N) is 1.